The lowest BCUT2D eigenvalue weighted by Crippen LogP contribution is -2.81. The van der Waals surface area contributed by atoms with Crippen LogP contribution in [-0.2, 0) is 0 Å². The minimum atomic E-state index is 0.559. The molecule has 0 spiro atoms. The van der Waals surface area contributed by atoms with Gasteiger partial charge in [-0.1, -0.05) is 0 Å². The Morgan fingerprint density at radius 1 is 0.889 bits per heavy atom. The van der Waals surface area contributed by atoms with E-state index in [-0.39, 0.29) is 0 Å². The molecular formula is C7H14N2. The molecule has 0 aromatic heterocycles. The first-order valence-electron chi connectivity index (χ1n) is 3.62. The molecule has 52 valence electrons. The highest BCUT2D eigenvalue weighted by molar-refractivity contribution is 5.27. The molecule has 9 heavy (non-hydrogen) atoms. The topological polar surface area (TPSA) is 24.1 Å². The summed E-state index contributed by atoms with van der Waals surface area (Å²) in [7, 11) is 4.14. The van der Waals surface area contributed by atoms with Crippen LogP contribution in [0, 0.1) is 0 Å². The fourth-order valence-electron chi connectivity index (χ4n) is 2.32. The molecule has 0 radical (unpaired) electrons. The summed E-state index contributed by atoms with van der Waals surface area (Å²) in [5, 5.41) is 6.73. The largest absolute Gasteiger partial charge is 0.314 e. The SMILES string of the molecule is CNC12CC(NC)(C1)C2. The molecule has 3 rings (SSSR count). The van der Waals surface area contributed by atoms with Gasteiger partial charge in [0, 0.05) is 11.1 Å². The highest BCUT2D eigenvalue weighted by Crippen LogP contribution is 2.59. The van der Waals surface area contributed by atoms with E-state index in [9.17, 15) is 0 Å². The Balaban J connectivity index is 1.96. The van der Waals surface area contributed by atoms with Crippen LogP contribution in [0.2, 0.25) is 0 Å². The second-order valence-corrected chi connectivity index (χ2v) is 3.59. The van der Waals surface area contributed by atoms with Crippen LogP contribution in [0.15, 0.2) is 0 Å². The van der Waals surface area contributed by atoms with Gasteiger partial charge in [-0.15, -0.1) is 0 Å². The zero-order valence-electron chi connectivity index (χ0n) is 6.12. The maximum atomic E-state index is 3.36. The van der Waals surface area contributed by atoms with Crippen molar-refractivity contribution in [3.63, 3.8) is 0 Å². The maximum Gasteiger partial charge on any atom is 0.0231 e. The van der Waals surface area contributed by atoms with Crippen LogP contribution in [0.25, 0.3) is 0 Å². The summed E-state index contributed by atoms with van der Waals surface area (Å²) in [6, 6.07) is 0. The van der Waals surface area contributed by atoms with Crippen LogP contribution in [0.4, 0.5) is 0 Å². The summed E-state index contributed by atoms with van der Waals surface area (Å²) in [6.45, 7) is 0. The Morgan fingerprint density at radius 2 is 1.22 bits per heavy atom. The highest BCUT2D eigenvalue weighted by Gasteiger charge is 2.66. The van der Waals surface area contributed by atoms with E-state index in [0.29, 0.717) is 11.1 Å². The Kier molecular flexibility index (Phi) is 0.837. The lowest BCUT2D eigenvalue weighted by molar-refractivity contribution is -0.0955. The van der Waals surface area contributed by atoms with Gasteiger partial charge in [-0.3, -0.25) is 0 Å². The van der Waals surface area contributed by atoms with E-state index in [0.717, 1.165) is 0 Å². The molecule has 3 fully saturated rings. The van der Waals surface area contributed by atoms with E-state index in [1.807, 2.05) is 0 Å². The number of hydrogen-bond donors (Lipinski definition) is 2. The van der Waals surface area contributed by atoms with Gasteiger partial charge in [0.25, 0.3) is 0 Å². The van der Waals surface area contributed by atoms with Gasteiger partial charge in [0.15, 0.2) is 0 Å². The van der Waals surface area contributed by atoms with Gasteiger partial charge in [0.2, 0.25) is 0 Å². The minimum Gasteiger partial charge on any atom is -0.314 e. The highest BCUT2D eigenvalue weighted by atomic mass is 15.2. The quantitative estimate of drug-likeness (QED) is 0.548. The van der Waals surface area contributed by atoms with E-state index in [1.165, 1.54) is 19.3 Å². The molecule has 2 nitrogen and oxygen atoms in total. The smallest absolute Gasteiger partial charge is 0.0231 e. The van der Waals surface area contributed by atoms with Crippen LogP contribution in [0.5, 0.6) is 0 Å². The van der Waals surface area contributed by atoms with E-state index in [1.54, 1.807) is 0 Å². The second-order valence-electron chi connectivity index (χ2n) is 3.59. The number of rotatable bonds is 2. The van der Waals surface area contributed by atoms with E-state index in [4.69, 9.17) is 0 Å². The van der Waals surface area contributed by atoms with Crippen LogP contribution in [0.3, 0.4) is 0 Å². The van der Waals surface area contributed by atoms with E-state index < -0.39 is 0 Å². The van der Waals surface area contributed by atoms with Gasteiger partial charge in [-0.25, -0.2) is 0 Å². The van der Waals surface area contributed by atoms with Crippen molar-refractivity contribution >= 4 is 0 Å². The third kappa shape index (κ3) is 0.485. The van der Waals surface area contributed by atoms with E-state index in [2.05, 4.69) is 24.7 Å². The molecule has 2 N–H and O–H groups in total. The molecule has 0 aromatic carbocycles. The molecule has 3 aliphatic rings. The normalized spacial score (nSPS) is 54.0. The molecule has 0 unspecified atom stereocenters. The zero-order chi connectivity index (χ0) is 6.54. The van der Waals surface area contributed by atoms with E-state index >= 15 is 0 Å². The molecule has 2 bridgehead atoms. The van der Waals surface area contributed by atoms with Gasteiger partial charge < -0.3 is 10.6 Å². The maximum absolute atomic E-state index is 3.36. The standard InChI is InChI=1S/C7H14N2/c1-8-6-3-7(4-6,5-6)9-2/h8-9H,3-5H2,1-2H3. The Bertz CT molecular complexity index is 108. The summed E-state index contributed by atoms with van der Waals surface area (Å²) in [5.41, 5.74) is 1.12. The third-order valence-corrected chi connectivity index (χ3v) is 3.09. The minimum absolute atomic E-state index is 0.559. The first-order chi connectivity index (χ1) is 4.24. The summed E-state index contributed by atoms with van der Waals surface area (Å²) in [6.07, 6.45) is 4.02. The van der Waals surface area contributed by atoms with Gasteiger partial charge >= 0.3 is 0 Å². The molecule has 2 heteroatoms. The van der Waals surface area contributed by atoms with Crippen LogP contribution < -0.4 is 10.6 Å². The van der Waals surface area contributed by atoms with Crippen LogP contribution in [0.1, 0.15) is 19.3 Å². The van der Waals surface area contributed by atoms with Gasteiger partial charge in [0.1, 0.15) is 0 Å². The predicted octanol–water partition coefficient (Wildman–Crippen LogP) is 0.100. The van der Waals surface area contributed by atoms with Crippen molar-refractivity contribution in [3.8, 4) is 0 Å². The molecule has 3 aliphatic carbocycles. The van der Waals surface area contributed by atoms with Crippen molar-refractivity contribution in [3.05, 3.63) is 0 Å². The monoisotopic (exact) mass is 126 g/mol. The first kappa shape index (κ1) is 5.69. The van der Waals surface area contributed by atoms with Crippen molar-refractivity contribution in [2.75, 3.05) is 14.1 Å². The van der Waals surface area contributed by atoms with Crippen molar-refractivity contribution in [1.29, 1.82) is 0 Å². The predicted molar refractivity (Wildman–Crippen MR) is 37.4 cm³/mol. The molecule has 0 aliphatic heterocycles. The Morgan fingerprint density at radius 3 is 1.44 bits per heavy atom. The molecule has 0 aromatic rings. The van der Waals surface area contributed by atoms with Crippen molar-refractivity contribution < 1.29 is 0 Å². The lowest BCUT2D eigenvalue weighted by atomic mass is 9.44. The summed E-state index contributed by atoms with van der Waals surface area (Å²) in [5.74, 6) is 0. The van der Waals surface area contributed by atoms with Crippen molar-refractivity contribution in [1.82, 2.24) is 10.6 Å². The Hall–Kier alpha value is -0.0800. The second kappa shape index (κ2) is 1.32. The molecule has 0 saturated heterocycles. The summed E-state index contributed by atoms with van der Waals surface area (Å²) >= 11 is 0. The van der Waals surface area contributed by atoms with Crippen molar-refractivity contribution in [2.45, 2.75) is 30.3 Å². The molecular weight excluding hydrogens is 112 g/mol. The molecule has 0 atom stereocenters. The summed E-state index contributed by atoms with van der Waals surface area (Å²) in [4.78, 5) is 0. The zero-order valence-corrected chi connectivity index (χ0v) is 6.12. The van der Waals surface area contributed by atoms with Gasteiger partial charge in [0.05, 0.1) is 0 Å². The molecule has 0 heterocycles. The number of nitrogens with one attached hydrogen (secondary N) is 2. The first-order valence-corrected chi connectivity index (χ1v) is 3.62. The fourth-order valence-corrected chi connectivity index (χ4v) is 2.32. The van der Waals surface area contributed by atoms with Gasteiger partial charge in [-0.05, 0) is 33.4 Å². The van der Waals surface area contributed by atoms with Gasteiger partial charge in [-0.2, -0.15) is 0 Å². The summed E-state index contributed by atoms with van der Waals surface area (Å²) < 4.78 is 0. The fraction of sp³-hybridized carbons (Fsp3) is 1.00. The van der Waals surface area contributed by atoms with Crippen molar-refractivity contribution in [2.24, 2.45) is 0 Å². The molecule has 0 amide bonds. The van der Waals surface area contributed by atoms with Crippen LogP contribution >= 0.6 is 0 Å². The lowest BCUT2D eigenvalue weighted by Gasteiger charge is -2.70. The van der Waals surface area contributed by atoms with Crippen LogP contribution in [-0.4, -0.2) is 25.2 Å². The average Bonchev–Trinajstić information content (AvgIpc) is 1.62. The number of hydrogen-bond acceptors (Lipinski definition) is 2. The average molecular weight is 126 g/mol. The third-order valence-electron chi connectivity index (χ3n) is 3.09. The Labute approximate surface area is 56.0 Å². The molecule has 3 saturated carbocycles.